The van der Waals surface area contributed by atoms with Gasteiger partial charge in [0, 0.05) is 12.2 Å². The van der Waals surface area contributed by atoms with Gasteiger partial charge in [0.25, 0.3) is 0 Å². The fourth-order valence-corrected chi connectivity index (χ4v) is 9.64. The van der Waals surface area contributed by atoms with Crippen LogP contribution in [0.4, 0.5) is 0 Å². The second kappa shape index (κ2) is 12.0. The van der Waals surface area contributed by atoms with E-state index in [2.05, 4.69) is 93.0 Å². The predicted octanol–water partition coefficient (Wildman–Crippen LogP) is 6.77. The van der Waals surface area contributed by atoms with Crippen molar-refractivity contribution in [3.8, 4) is 11.5 Å². The second-order valence-corrected chi connectivity index (χ2v) is 13.3. The fraction of sp³-hybridized carbons (Fsp3) is 0.407. The molecule has 1 aliphatic carbocycles. The molecular weight excluding hydrogens is 432 g/mol. The smallest absolute Gasteiger partial charge is 0.122 e. The molecule has 5 heteroatoms. The van der Waals surface area contributed by atoms with Gasteiger partial charge in [0.1, 0.15) is 11.5 Å². The van der Waals surface area contributed by atoms with E-state index in [1.54, 1.807) is 25.1 Å². The molecule has 2 aromatic carbocycles. The number of nitrogens with zero attached hydrogens (tertiary/aromatic N) is 1. The molecule has 0 spiro atoms. The van der Waals surface area contributed by atoms with Crippen molar-refractivity contribution in [1.82, 2.24) is 4.90 Å². The molecule has 0 aliphatic heterocycles. The van der Waals surface area contributed by atoms with Crippen LogP contribution in [0.15, 0.2) is 71.6 Å². The lowest BCUT2D eigenvalue weighted by atomic mass is 10.2. The van der Waals surface area contributed by atoms with Crippen molar-refractivity contribution in [2.24, 2.45) is 0 Å². The van der Waals surface area contributed by atoms with Crippen molar-refractivity contribution in [3.05, 3.63) is 82.7 Å². The lowest BCUT2D eigenvalue weighted by Gasteiger charge is -2.30. The third-order valence-electron chi connectivity index (χ3n) is 5.92. The molecule has 0 heterocycles. The summed E-state index contributed by atoms with van der Waals surface area (Å²) in [5, 5.41) is 1.69. The molecule has 1 unspecified atom stereocenters. The summed E-state index contributed by atoms with van der Waals surface area (Å²) in [5.41, 5.74) is 4.69. The van der Waals surface area contributed by atoms with Crippen LogP contribution < -0.4 is 9.47 Å². The summed E-state index contributed by atoms with van der Waals surface area (Å²) < 4.78 is 11.4. The van der Waals surface area contributed by atoms with E-state index < -0.39 is 0 Å². The molecule has 3 nitrogen and oxygen atoms in total. The molecule has 0 amide bonds. The molecule has 0 bridgehead atoms. The minimum atomic E-state index is -0.385. The van der Waals surface area contributed by atoms with Crippen LogP contribution in [0.25, 0.3) is 0 Å². The van der Waals surface area contributed by atoms with Gasteiger partial charge in [-0.1, -0.05) is 64.4 Å². The first-order valence-corrected chi connectivity index (χ1v) is 15.2. The first-order valence-electron chi connectivity index (χ1n) is 11.2. The molecule has 0 saturated heterocycles. The molecule has 0 radical (unpaired) electrons. The first kappa shape index (κ1) is 25.0. The molecule has 172 valence electrons. The van der Waals surface area contributed by atoms with Crippen LogP contribution in [0.2, 0.25) is 0 Å². The van der Waals surface area contributed by atoms with Crippen LogP contribution in [-0.2, 0) is 12.3 Å². The second-order valence-electron chi connectivity index (χ2n) is 8.69. The minimum Gasteiger partial charge on any atom is -0.496 e. The van der Waals surface area contributed by atoms with Crippen LogP contribution >= 0.6 is 15.8 Å². The normalized spacial score (nSPS) is 16.0. The molecule has 1 aliphatic rings. The number of hydrogen-bond acceptors (Lipinski definition) is 3. The number of methoxy groups -OCH3 is 2. The molecule has 0 N–H and O–H groups in total. The summed E-state index contributed by atoms with van der Waals surface area (Å²) in [6, 6.07) is 17.0. The number of rotatable bonds is 11. The number of para-hydroxylation sites is 2. The van der Waals surface area contributed by atoms with Crippen LogP contribution in [0.5, 0.6) is 11.5 Å². The zero-order valence-electron chi connectivity index (χ0n) is 20.3. The Morgan fingerprint density at radius 3 is 1.84 bits per heavy atom. The van der Waals surface area contributed by atoms with Crippen molar-refractivity contribution in [2.75, 3.05) is 48.2 Å². The quantitative estimate of drug-likeness (QED) is 0.339. The van der Waals surface area contributed by atoms with E-state index in [-0.39, 0.29) is 15.8 Å². The predicted molar refractivity (Wildman–Crippen MR) is 142 cm³/mol. The Hall–Kier alpha value is -1.66. The van der Waals surface area contributed by atoms with Crippen molar-refractivity contribution in [1.29, 1.82) is 0 Å². The molecule has 32 heavy (non-hydrogen) atoms. The van der Waals surface area contributed by atoms with E-state index in [0.717, 1.165) is 36.8 Å². The Kier molecular flexibility index (Phi) is 9.35. The number of allylic oxidation sites excluding steroid dienone is 3. The van der Waals surface area contributed by atoms with Gasteiger partial charge >= 0.3 is 0 Å². The average Bonchev–Trinajstić information content (AvgIpc) is 3.22. The molecule has 0 fully saturated rings. The average molecular weight is 470 g/mol. The summed E-state index contributed by atoms with van der Waals surface area (Å²) in [6.45, 7) is 5.93. The zero-order valence-corrected chi connectivity index (χ0v) is 22.1. The highest BCUT2D eigenvalue weighted by Crippen LogP contribution is 2.61. The van der Waals surface area contributed by atoms with E-state index in [4.69, 9.17) is 9.47 Å². The van der Waals surface area contributed by atoms with Gasteiger partial charge < -0.3 is 14.4 Å². The van der Waals surface area contributed by atoms with E-state index in [1.807, 2.05) is 0 Å². The van der Waals surface area contributed by atoms with Gasteiger partial charge in [0.15, 0.2) is 0 Å². The highest BCUT2D eigenvalue weighted by Gasteiger charge is 2.31. The van der Waals surface area contributed by atoms with Crippen molar-refractivity contribution >= 4 is 15.8 Å². The Morgan fingerprint density at radius 2 is 1.38 bits per heavy atom. The third kappa shape index (κ3) is 6.22. The molecular formula is C27H37NO2P2. The van der Waals surface area contributed by atoms with Crippen LogP contribution in [0.3, 0.4) is 0 Å². The molecule has 1 atom stereocenters. The van der Waals surface area contributed by atoms with E-state index in [1.165, 1.54) is 11.1 Å². The number of hydrogen-bond donors (Lipinski definition) is 0. The standard InChI is InChI=1S/C27H37NO2P2/c1-28(2)18-17-21-15-16-26(27(21)31(5)6)32(19-22-11-7-9-13-24(22)29-3)20-23-12-8-10-14-25(23)30-4/h7-16,26H,17-20H2,1-6H3. The van der Waals surface area contributed by atoms with Crippen LogP contribution in [0.1, 0.15) is 17.5 Å². The van der Waals surface area contributed by atoms with Crippen molar-refractivity contribution < 1.29 is 9.47 Å². The summed E-state index contributed by atoms with van der Waals surface area (Å²) in [6.07, 6.45) is 8.13. The highest BCUT2D eigenvalue weighted by atomic mass is 31.1. The Morgan fingerprint density at radius 1 is 0.844 bits per heavy atom. The summed E-state index contributed by atoms with van der Waals surface area (Å²) in [4.78, 5) is 2.28. The summed E-state index contributed by atoms with van der Waals surface area (Å²) in [7, 11) is 7.33. The van der Waals surface area contributed by atoms with Gasteiger partial charge in [-0.15, -0.1) is 0 Å². The van der Waals surface area contributed by atoms with Crippen LogP contribution in [0, 0.1) is 0 Å². The largest absolute Gasteiger partial charge is 0.496 e. The van der Waals surface area contributed by atoms with Crippen LogP contribution in [-0.4, -0.2) is 58.7 Å². The maximum absolute atomic E-state index is 5.72. The highest BCUT2D eigenvalue weighted by molar-refractivity contribution is 7.64. The van der Waals surface area contributed by atoms with Gasteiger partial charge in [-0.2, -0.15) is 0 Å². The van der Waals surface area contributed by atoms with Gasteiger partial charge in [-0.25, -0.2) is 0 Å². The summed E-state index contributed by atoms with van der Waals surface area (Å²) in [5.74, 6) is 1.99. The first-order chi connectivity index (χ1) is 15.4. The lowest BCUT2D eigenvalue weighted by Crippen LogP contribution is -2.14. The Bertz CT molecular complexity index is 903. The third-order valence-corrected chi connectivity index (χ3v) is 10.4. The molecule has 0 aromatic heterocycles. The van der Waals surface area contributed by atoms with E-state index in [9.17, 15) is 0 Å². The minimum absolute atomic E-state index is 0.163. The SMILES string of the molecule is COc1ccccc1CP(Cc1ccccc1OC)C1C=CC(CCN(C)C)=C1P(C)C. The van der Waals surface area contributed by atoms with E-state index in [0.29, 0.717) is 5.66 Å². The Labute approximate surface area is 197 Å². The number of ether oxygens (including phenoxy) is 2. The number of benzene rings is 2. The molecule has 3 rings (SSSR count). The van der Waals surface area contributed by atoms with Gasteiger partial charge in [0.05, 0.1) is 14.2 Å². The van der Waals surface area contributed by atoms with Gasteiger partial charge in [-0.3, -0.25) is 0 Å². The fourth-order valence-electron chi connectivity index (χ4n) is 4.33. The zero-order chi connectivity index (χ0) is 23.1. The van der Waals surface area contributed by atoms with Crippen molar-refractivity contribution in [2.45, 2.75) is 24.4 Å². The topological polar surface area (TPSA) is 21.7 Å². The van der Waals surface area contributed by atoms with E-state index >= 15 is 0 Å². The summed E-state index contributed by atoms with van der Waals surface area (Å²) >= 11 is 0. The molecule has 2 aromatic rings. The molecule has 0 saturated carbocycles. The maximum Gasteiger partial charge on any atom is 0.122 e. The lowest BCUT2D eigenvalue weighted by molar-refractivity contribution is 0.411. The van der Waals surface area contributed by atoms with Gasteiger partial charge in [-0.05, 0) is 80.3 Å². The van der Waals surface area contributed by atoms with Crippen molar-refractivity contribution in [3.63, 3.8) is 0 Å². The Balaban J connectivity index is 1.98. The maximum atomic E-state index is 5.72. The van der Waals surface area contributed by atoms with Gasteiger partial charge in [0.2, 0.25) is 0 Å². The monoisotopic (exact) mass is 469 g/mol.